The van der Waals surface area contributed by atoms with Crippen LogP contribution in [0, 0.1) is 0 Å². The van der Waals surface area contributed by atoms with Crippen LogP contribution in [0.15, 0.2) is 12.2 Å². The molecule has 1 rings (SSSR count). The molecule has 0 amide bonds. The highest BCUT2D eigenvalue weighted by Crippen LogP contribution is 2.20. The highest BCUT2D eigenvalue weighted by Gasteiger charge is 2.21. The van der Waals surface area contributed by atoms with Gasteiger partial charge in [0.05, 0.1) is 11.7 Å². The number of ether oxygens (including phenoxy) is 1. The van der Waals surface area contributed by atoms with Crippen molar-refractivity contribution in [2.45, 2.75) is 32.5 Å². The van der Waals surface area contributed by atoms with Crippen LogP contribution in [-0.2, 0) is 4.74 Å². The third-order valence-corrected chi connectivity index (χ3v) is 1.26. The van der Waals surface area contributed by atoms with E-state index in [9.17, 15) is 0 Å². The van der Waals surface area contributed by atoms with Gasteiger partial charge in [-0.15, -0.1) is 0 Å². The first kappa shape index (κ1) is 5.83. The molecular weight excluding hydrogens is 100 g/mol. The molecule has 46 valence electrons. The summed E-state index contributed by atoms with van der Waals surface area (Å²) in [6.07, 6.45) is 4.49. The first-order chi connectivity index (χ1) is 3.60. The Kier molecular flexibility index (Phi) is 1.16. The van der Waals surface area contributed by atoms with E-state index in [2.05, 4.69) is 26.0 Å². The molecule has 1 heterocycles. The topological polar surface area (TPSA) is 9.23 Å². The van der Waals surface area contributed by atoms with E-state index in [0.29, 0.717) is 6.10 Å². The lowest BCUT2D eigenvalue weighted by Gasteiger charge is -2.16. The van der Waals surface area contributed by atoms with Gasteiger partial charge in [0.2, 0.25) is 0 Å². The lowest BCUT2D eigenvalue weighted by atomic mass is 10.1. The van der Waals surface area contributed by atoms with Crippen LogP contribution in [0.1, 0.15) is 20.8 Å². The van der Waals surface area contributed by atoms with Crippen molar-refractivity contribution in [1.82, 2.24) is 0 Å². The molecule has 1 heteroatoms. The Balaban J connectivity index is 2.58. The molecule has 1 unspecified atom stereocenters. The zero-order valence-corrected chi connectivity index (χ0v) is 5.64. The Bertz CT molecular complexity index is 114. The molecule has 1 aliphatic rings. The van der Waals surface area contributed by atoms with E-state index in [1.807, 2.05) is 6.92 Å². The van der Waals surface area contributed by atoms with Crippen molar-refractivity contribution in [3.63, 3.8) is 0 Å². The number of hydrogen-bond donors (Lipinski definition) is 0. The molecule has 1 atom stereocenters. The van der Waals surface area contributed by atoms with E-state index < -0.39 is 0 Å². The van der Waals surface area contributed by atoms with Gasteiger partial charge < -0.3 is 4.74 Å². The molecule has 0 spiro atoms. The summed E-state index contributed by atoms with van der Waals surface area (Å²) in [4.78, 5) is 0. The SMILES string of the molecule is CC1C=CC(C)(C)O1. The van der Waals surface area contributed by atoms with E-state index >= 15 is 0 Å². The maximum absolute atomic E-state index is 5.44. The summed E-state index contributed by atoms with van der Waals surface area (Å²) >= 11 is 0. The second-order valence-corrected chi connectivity index (χ2v) is 2.79. The minimum Gasteiger partial charge on any atom is -0.365 e. The molecule has 0 saturated carbocycles. The molecule has 0 aliphatic carbocycles. The van der Waals surface area contributed by atoms with Crippen LogP contribution in [0.5, 0.6) is 0 Å². The Morgan fingerprint density at radius 1 is 1.50 bits per heavy atom. The van der Waals surface area contributed by atoms with Crippen LogP contribution < -0.4 is 0 Å². The summed E-state index contributed by atoms with van der Waals surface area (Å²) in [7, 11) is 0. The molecule has 8 heavy (non-hydrogen) atoms. The van der Waals surface area contributed by atoms with Crippen LogP contribution in [0.2, 0.25) is 0 Å². The predicted molar refractivity (Wildman–Crippen MR) is 33.8 cm³/mol. The van der Waals surface area contributed by atoms with Gasteiger partial charge in [0.15, 0.2) is 0 Å². The number of hydrogen-bond acceptors (Lipinski definition) is 1. The maximum Gasteiger partial charge on any atom is 0.0815 e. The van der Waals surface area contributed by atoms with Crippen LogP contribution in [0.3, 0.4) is 0 Å². The lowest BCUT2D eigenvalue weighted by molar-refractivity contribution is 0.0107. The highest BCUT2D eigenvalue weighted by atomic mass is 16.5. The van der Waals surface area contributed by atoms with Crippen LogP contribution in [0.25, 0.3) is 0 Å². The second-order valence-electron chi connectivity index (χ2n) is 2.79. The van der Waals surface area contributed by atoms with Crippen LogP contribution in [-0.4, -0.2) is 11.7 Å². The third kappa shape index (κ3) is 1.10. The maximum atomic E-state index is 5.44. The Hall–Kier alpha value is -0.300. The molecule has 0 aromatic heterocycles. The van der Waals surface area contributed by atoms with Gasteiger partial charge in [-0.05, 0) is 20.8 Å². The Morgan fingerprint density at radius 3 is 2.25 bits per heavy atom. The largest absolute Gasteiger partial charge is 0.365 e. The van der Waals surface area contributed by atoms with E-state index in [0.717, 1.165) is 0 Å². The summed E-state index contributed by atoms with van der Waals surface area (Å²) in [5.74, 6) is 0. The van der Waals surface area contributed by atoms with Gasteiger partial charge in [-0.3, -0.25) is 0 Å². The first-order valence-electron chi connectivity index (χ1n) is 2.97. The van der Waals surface area contributed by atoms with E-state index in [4.69, 9.17) is 4.74 Å². The molecule has 0 aromatic carbocycles. The molecule has 1 aliphatic heterocycles. The van der Waals surface area contributed by atoms with Crippen LogP contribution in [0.4, 0.5) is 0 Å². The fourth-order valence-electron chi connectivity index (χ4n) is 0.925. The average Bonchev–Trinajstić information content (AvgIpc) is 1.82. The standard InChI is InChI=1S/C7H12O/c1-6-4-5-7(2,3)8-6/h4-6H,1-3H3. The van der Waals surface area contributed by atoms with Gasteiger partial charge in [0.1, 0.15) is 0 Å². The Labute approximate surface area is 50.3 Å². The van der Waals surface area contributed by atoms with Gasteiger partial charge >= 0.3 is 0 Å². The summed E-state index contributed by atoms with van der Waals surface area (Å²) in [5.41, 5.74) is -0.0145. The molecule has 0 saturated heterocycles. The molecular formula is C7H12O. The third-order valence-electron chi connectivity index (χ3n) is 1.26. The number of rotatable bonds is 0. The summed E-state index contributed by atoms with van der Waals surface area (Å²) in [5, 5.41) is 0. The lowest BCUT2D eigenvalue weighted by Crippen LogP contribution is -2.18. The quantitative estimate of drug-likeness (QED) is 0.434. The van der Waals surface area contributed by atoms with Gasteiger partial charge in [-0.2, -0.15) is 0 Å². The van der Waals surface area contributed by atoms with Crippen molar-refractivity contribution >= 4 is 0 Å². The van der Waals surface area contributed by atoms with E-state index in [1.165, 1.54) is 0 Å². The van der Waals surface area contributed by atoms with E-state index in [-0.39, 0.29) is 5.60 Å². The van der Waals surface area contributed by atoms with Crippen molar-refractivity contribution in [2.24, 2.45) is 0 Å². The minimum atomic E-state index is -0.0145. The summed E-state index contributed by atoms with van der Waals surface area (Å²) in [6.45, 7) is 6.17. The molecule has 0 radical (unpaired) electrons. The molecule has 0 fully saturated rings. The van der Waals surface area contributed by atoms with Gasteiger partial charge in [0.25, 0.3) is 0 Å². The summed E-state index contributed by atoms with van der Waals surface area (Å²) in [6, 6.07) is 0. The molecule has 0 aromatic rings. The minimum absolute atomic E-state index is 0.0145. The van der Waals surface area contributed by atoms with Crippen molar-refractivity contribution in [2.75, 3.05) is 0 Å². The average molecular weight is 112 g/mol. The molecule has 1 nitrogen and oxygen atoms in total. The monoisotopic (exact) mass is 112 g/mol. The Morgan fingerprint density at radius 2 is 2.12 bits per heavy atom. The predicted octanol–water partition coefficient (Wildman–Crippen LogP) is 1.74. The van der Waals surface area contributed by atoms with Crippen molar-refractivity contribution < 1.29 is 4.74 Å². The van der Waals surface area contributed by atoms with Gasteiger partial charge in [-0.25, -0.2) is 0 Å². The normalized spacial score (nSPS) is 33.6. The van der Waals surface area contributed by atoms with Crippen LogP contribution >= 0.6 is 0 Å². The van der Waals surface area contributed by atoms with Crippen molar-refractivity contribution in [1.29, 1.82) is 0 Å². The second kappa shape index (κ2) is 1.59. The fourth-order valence-corrected chi connectivity index (χ4v) is 0.925. The zero-order chi connectivity index (χ0) is 6.20. The smallest absolute Gasteiger partial charge is 0.0815 e. The van der Waals surface area contributed by atoms with Gasteiger partial charge in [-0.1, -0.05) is 12.2 Å². The van der Waals surface area contributed by atoms with Crippen molar-refractivity contribution in [3.05, 3.63) is 12.2 Å². The zero-order valence-electron chi connectivity index (χ0n) is 5.64. The molecule has 0 bridgehead atoms. The van der Waals surface area contributed by atoms with E-state index in [1.54, 1.807) is 0 Å². The fraction of sp³-hybridized carbons (Fsp3) is 0.714. The highest BCUT2D eigenvalue weighted by molar-refractivity contribution is 5.06. The van der Waals surface area contributed by atoms with Crippen molar-refractivity contribution in [3.8, 4) is 0 Å². The molecule has 0 N–H and O–H groups in total. The first-order valence-corrected chi connectivity index (χ1v) is 2.97. The summed E-state index contributed by atoms with van der Waals surface area (Å²) < 4.78 is 5.44. The van der Waals surface area contributed by atoms with Gasteiger partial charge in [0, 0.05) is 0 Å².